The van der Waals surface area contributed by atoms with E-state index in [-0.39, 0.29) is 0 Å². The smallest absolute Gasteiger partial charge is 0.0755 e. The van der Waals surface area contributed by atoms with E-state index in [1.54, 1.807) is 0 Å². The molecule has 358 valence electrons. The van der Waals surface area contributed by atoms with E-state index in [2.05, 4.69) is 289 Å². The Morgan fingerprint density at radius 2 is 0.818 bits per heavy atom. The van der Waals surface area contributed by atoms with Crippen LogP contribution in [0.2, 0.25) is 0 Å². The van der Waals surface area contributed by atoms with Gasteiger partial charge in [0.15, 0.2) is 0 Å². The normalized spacial score (nSPS) is 15.2. The molecule has 1 atom stereocenters. The quantitative estimate of drug-likeness (QED) is 0.161. The third-order valence-electron chi connectivity index (χ3n) is 17.5. The van der Waals surface area contributed by atoms with Crippen LogP contribution in [-0.4, -0.2) is 4.57 Å². The van der Waals surface area contributed by atoms with Gasteiger partial charge in [0.1, 0.15) is 0 Å². The van der Waals surface area contributed by atoms with E-state index in [0.29, 0.717) is 0 Å². The van der Waals surface area contributed by atoms with Gasteiger partial charge in [0.25, 0.3) is 0 Å². The summed E-state index contributed by atoms with van der Waals surface area (Å²) in [6.07, 6.45) is 0. The summed E-state index contributed by atoms with van der Waals surface area (Å²) in [6, 6.07) is 105. The highest BCUT2D eigenvalue weighted by Gasteiger charge is 2.52. The largest absolute Gasteiger partial charge is 0.309 e. The van der Waals surface area contributed by atoms with Crippen molar-refractivity contribution < 1.29 is 0 Å². The molecule has 17 rings (SSSR count). The van der Waals surface area contributed by atoms with Crippen LogP contribution < -0.4 is 4.90 Å². The first kappa shape index (κ1) is 42.8. The van der Waals surface area contributed by atoms with Gasteiger partial charge in [-0.2, -0.15) is 0 Å². The lowest BCUT2D eigenvalue weighted by atomic mass is 9.65. The molecule has 14 aromatic rings. The second-order valence-electron chi connectivity index (χ2n) is 21.0. The van der Waals surface area contributed by atoms with Crippen molar-refractivity contribution in [3.63, 3.8) is 0 Å². The topological polar surface area (TPSA) is 8.17 Å². The van der Waals surface area contributed by atoms with Crippen molar-refractivity contribution >= 4 is 70.4 Å². The molecule has 1 aliphatic heterocycles. The second-order valence-corrected chi connectivity index (χ2v) is 22.0. The molecule has 2 aliphatic carbocycles. The number of anilines is 3. The van der Waals surface area contributed by atoms with Gasteiger partial charge in [-0.05, 0) is 115 Å². The lowest BCUT2D eigenvalue weighted by Gasteiger charge is -2.39. The number of thiophene rings is 1. The molecule has 0 amide bonds. The summed E-state index contributed by atoms with van der Waals surface area (Å²) in [6.45, 7) is 0. The summed E-state index contributed by atoms with van der Waals surface area (Å²) in [4.78, 5) is 2.60. The first-order valence-electron chi connectivity index (χ1n) is 26.8. The Bertz CT molecular complexity index is 4710. The molecule has 3 aliphatic rings. The number of rotatable bonds is 6. The molecule has 2 nitrogen and oxygen atoms in total. The van der Waals surface area contributed by atoms with E-state index in [4.69, 9.17) is 0 Å². The average molecular weight is 995 g/mol. The molecule has 0 saturated carbocycles. The van der Waals surface area contributed by atoms with Crippen LogP contribution in [0.25, 0.3) is 81.0 Å². The van der Waals surface area contributed by atoms with Crippen molar-refractivity contribution in [3.05, 3.63) is 324 Å². The van der Waals surface area contributed by atoms with Crippen molar-refractivity contribution in [2.45, 2.75) is 10.8 Å². The first-order valence-corrected chi connectivity index (χ1v) is 27.6. The lowest BCUT2D eigenvalue weighted by Crippen LogP contribution is -2.33. The fourth-order valence-corrected chi connectivity index (χ4v) is 15.8. The third-order valence-corrected chi connectivity index (χ3v) is 18.6. The number of para-hydroxylation sites is 3. The van der Waals surface area contributed by atoms with Gasteiger partial charge in [0.2, 0.25) is 0 Å². The van der Waals surface area contributed by atoms with Gasteiger partial charge >= 0.3 is 0 Å². The van der Waals surface area contributed by atoms with Gasteiger partial charge < -0.3 is 9.47 Å². The van der Waals surface area contributed by atoms with Crippen molar-refractivity contribution in [1.29, 1.82) is 0 Å². The van der Waals surface area contributed by atoms with Gasteiger partial charge in [-0.25, -0.2) is 0 Å². The zero-order valence-electron chi connectivity index (χ0n) is 41.9. The van der Waals surface area contributed by atoms with E-state index in [9.17, 15) is 0 Å². The van der Waals surface area contributed by atoms with Gasteiger partial charge in [0, 0.05) is 47.8 Å². The third kappa shape index (κ3) is 5.53. The standard InChI is InChI=1S/C74H46N2S/c1-3-21-48(22-4-1)73(49-23-5-2-6-24-49)57-31-11-7-26-54(57)70-60(73)34-19-39-65(70)75(50-45-43-47(44-46-50)51-29-18-42-68-69(51)56-28-10-16-41-67(56)77-68)66-40-20-35-61-71(66)55-27-8-12-32-58(55)74(61)59-33-13-15-38-64(59)76-63-37-14-9-25-52(63)53-30-17-36-62(74)72(53)76/h1-46H. The molecule has 77 heavy (non-hydrogen) atoms. The maximum Gasteiger partial charge on any atom is 0.0755 e. The minimum atomic E-state index is -0.610. The number of hydrogen-bond donors (Lipinski definition) is 0. The van der Waals surface area contributed by atoms with Gasteiger partial charge in [-0.3, -0.25) is 0 Å². The molecule has 0 fully saturated rings. The van der Waals surface area contributed by atoms with E-state index < -0.39 is 10.8 Å². The fraction of sp³-hybridized carbons (Fsp3) is 0.0270. The zero-order chi connectivity index (χ0) is 50.4. The Morgan fingerprint density at radius 1 is 0.325 bits per heavy atom. The minimum Gasteiger partial charge on any atom is -0.309 e. The maximum atomic E-state index is 2.60. The first-order chi connectivity index (χ1) is 38.2. The average Bonchev–Trinajstić information content (AvgIpc) is 4.17. The van der Waals surface area contributed by atoms with E-state index >= 15 is 0 Å². The highest BCUT2D eigenvalue weighted by molar-refractivity contribution is 7.25. The lowest BCUT2D eigenvalue weighted by molar-refractivity contribution is 0.748. The molecule has 3 heteroatoms. The Kier molecular flexibility index (Phi) is 8.88. The van der Waals surface area contributed by atoms with Crippen molar-refractivity contribution in [2.24, 2.45) is 0 Å². The number of fused-ring (bicyclic) bond motifs is 18. The molecule has 0 saturated heterocycles. The number of aromatic nitrogens is 1. The summed E-state index contributed by atoms with van der Waals surface area (Å²) in [7, 11) is 0. The summed E-state index contributed by atoms with van der Waals surface area (Å²) in [5.74, 6) is 0. The molecular formula is C74H46N2S. The molecule has 1 unspecified atom stereocenters. The Balaban J connectivity index is 0.973. The summed E-state index contributed by atoms with van der Waals surface area (Å²) in [5.41, 5.74) is 23.6. The SMILES string of the molecule is c1ccc(C2(c3ccccc3)c3ccccc3-c3c(N(c4ccc(-c5cccc6sc7ccccc7c56)cc4)c4cccc5c4-c4ccccc4C54c5ccccc5-n5c6ccccc6c6cccc4c65)cccc32)cc1. The van der Waals surface area contributed by atoms with Crippen LogP contribution in [0.5, 0.6) is 0 Å². The van der Waals surface area contributed by atoms with Crippen molar-refractivity contribution in [3.8, 4) is 39.1 Å². The summed E-state index contributed by atoms with van der Waals surface area (Å²) < 4.78 is 5.16. The molecule has 2 aromatic heterocycles. The minimum absolute atomic E-state index is 0.569. The molecular weight excluding hydrogens is 949 g/mol. The van der Waals surface area contributed by atoms with Crippen LogP contribution in [0.15, 0.2) is 279 Å². The maximum absolute atomic E-state index is 2.60. The Morgan fingerprint density at radius 3 is 1.53 bits per heavy atom. The van der Waals surface area contributed by atoms with Crippen LogP contribution in [0.3, 0.4) is 0 Å². The van der Waals surface area contributed by atoms with Crippen LogP contribution in [0.1, 0.15) is 44.5 Å². The van der Waals surface area contributed by atoms with E-state index in [0.717, 1.165) is 17.1 Å². The molecule has 0 N–H and O–H groups in total. The van der Waals surface area contributed by atoms with E-state index in [1.165, 1.54) is 126 Å². The molecule has 3 heterocycles. The number of benzene rings is 12. The van der Waals surface area contributed by atoms with Crippen molar-refractivity contribution in [1.82, 2.24) is 4.57 Å². The highest BCUT2D eigenvalue weighted by Crippen LogP contribution is 2.65. The number of nitrogens with zero attached hydrogens (tertiary/aromatic N) is 2. The monoisotopic (exact) mass is 994 g/mol. The highest BCUT2D eigenvalue weighted by atomic mass is 32.1. The van der Waals surface area contributed by atoms with E-state index in [1.807, 2.05) is 11.3 Å². The predicted molar refractivity (Wildman–Crippen MR) is 322 cm³/mol. The van der Waals surface area contributed by atoms with Gasteiger partial charge in [-0.1, -0.05) is 231 Å². The molecule has 0 bridgehead atoms. The van der Waals surface area contributed by atoms with Crippen LogP contribution in [0, 0.1) is 0 Å². The zero-order valence-corrected chi connectivity index (χ0v) is 42.7. The van der Waals surface area contributed by atoms with Crippen LogP contribution >= 0.6 is 11.3 Å². The fourth-order valence-electron chi connectivity index (χ4n) is 14.7. The van der Waals surface area contributed by atoms with Crippen LogP contribution in [-0.2, 0) is 10.8 Å². The summed E-state index contributed by atoms with van der Waals surface area (Å²) >= 11 is 1.87. The van der Waals surface area contributed by atoms with Crippen LogP contribution in [0.4, 0.5) is 17.1 Å². The molecule has 1 spiro atoms. The van der Waals surface area contributed by atoms with Gasteiger partial charge in [-0.15, -0.1) is 11.3 Å². The van der Waals surface area contributed by atoms with Crippen molar-refractivity contribution in [2.75, 3.05) is 4.90 Å². The van der Waals surface area contributed by atoms with Gasteiger partial charge in [0.05, 0.1) is 38.9 Å². The Hall–Kier alpha value is -9.54. The summed E-state index contributed by atoms with van der Waals surface area (Å²) in [5, 5.41) is 5.17. The second kappa shape index (κ2) is 16.0. The number of hydrogen-bond acceptors (Lipinski definition) is 2. The Labute approximate surface area is 450 Å². The predicted octanol–water partition coefficient (Wildman–Crippen LogP) is 19.3. The molecule has 12 aromatic carbocycles. The molecule has 0 radical (unpaired) electrons.